The smallest absolute Gasteiger partial charge is 0.247 e. The third-order valence-corrected chi connectivity index (χ3v) is 4.62. The van der Waals surface area contributed by atoms with E-state index in [1.165, 1.54) is 0 Å². The van der Waals surface area contributed by atoms with Gasteiger partial charge in [-0.05, 0) is 36.7 Å². The third-order valence-electron chi connectivity index (χ3n) is 3.58. The van der Waals surface area contributed by atoms with Crippen molar-refractivity contribution in [2.24, 2.45) is 0 Å². The zero-order valence-electron chi connectivity index (χ0n) is 13.0. The molecule has 2 aromatic rings. The molecule has 120 valence electrons. The van der Waals surface area contributed by atoms with E-state index in [9.17, 15) is 4.79 Å². The number of amides is 1. The predicted molar refractivity (Wildman–Crippen MR) is 88.8 cm³/mol. The molecule has 0 saturated heterocycles. The summed E-state index contributed by atoms with van der Waals surface area (Å²) in [5.41, 5.74) is 1.62. The van der Waals surface area contributed by atoms with Gasteiger partial charge in [-0.2, -0.15) is 10.2 Å². The summed E-state index contributed by atoms with van der Waals surface area (Å²) in [6.07, 6.45) is 3.47. The average molecular weight is 389 g/mol. The fourth-order valence-electron chi connectivity index (χ4n) is 2.23. The van der Waals surface area contributed by atoms with E-state index in [1.54, 1.807) is 22.8 Å². The zero-order chi connectivity index (χ0) is 16.4. The summed E-state index contributed by atoms with van der Waals surface area (Å²) >= 11 is 9.48. The largest absolute Gasteiger partial charge is 0.338 e. The van der Waals surface area contributed by atoms with E-state index < -0.39 is 6.04 Å². The van der Waals surface area contributed by atoms with Gasteiger partial charge in [0.05, 0.1) is 33.6 Å². The molecule has 6 nitrogen and oxygen atoms in total. The number of hydrogen-bond donors (Lipinski definition) is 0. The fourth-order valence-corrected chi connectivity index (χ4v) is 2.80. The van der Waals surface area contributed by atoms with Crippen LogP contribution in [0.3, 0.4) is 0 Å². The maximum absolute atomic E-state index is 12.6. The summed E-state index contributed by atoms with van der Waals surface area (Å²) in [6, 6.07) is -0.412. The van der Waals surface area contributed by atoms with Crippen LogP contribution in [0.1, 0.15) is 31.3 Å². The molecule has 0 aromatic carbocycles. The van der Waals surface area contributed by atoms with Crippen molar-refractivity contribution in [1.82, 2.24) is 24.5 Å². The van der Waals surface area contributed by atoms with Crippen molar-refractivity contribution in [3.63, 3.8) is 0 Å². The van der Waals surface area contributed by atoms with E-state index in [-0.39, 0.29) is 5.91 Å². The van der Waals surface area contributed by atoms with Crippen LogP contribution < -0.4 is 0 Å². The normalized spacial score (nSPS) is 12.5. The van der Waals surface area contributed by atoms with Crippen molar-refractivity contribution >= 4 is 33.4 Å². The molecule has 0 radical (unpaired) electrons. The van der Waals surface area contributed by atoms with Crippen molar-refractivity contribution in [3.05, 3.63) is 33.3 Å². The number of carbonyl (C=O) groups is 1. The Morgan fingerprint density at radius 2 is 2.23 bits per heavy atom. The Morgan fingerprint density at radius 3 is 2.73 bits per heavy atom. The highest BCUT2D eigenvalue weighted by molar-refractivity contribution is 9.10. The number of rotatable bonds is 5. The van der Waals surface area contributed by atoms with E-state index in [2.05, 4.69) is 26.1 Å². The second-order valence-corrected chi connectivity index (χ2v) is 6.43. The van der Waals surface area contributed by atoms with E-state index in [1.807, 2.05) is 31.6 Å². The van der Waals surface area contributed by atoms with E-state index in [0.717, 1.165) is 22.4 Å². The van der Waals surface area contributed by atoms with Gasteiger partial charge in [-0.15, -0.1) is 0 Å². The van der Waals surface area contributed by atoms with E-state index >= 15 is 0 Å². The van der Waals surface area contributed by atoms with Gasteiger partial charge < -0.3 is 4.90 Å². The summed E-state index contributed by atoms with van der Waals surface area (Å²) in [5, 5.41) is 9.17. The molecule has 0 bridgehead atoms. The van der Waals surface area contributed by atoms with Crippen molar-refractivity contribution in [1.29, 1.82) is 0 Å². The van der Waals surface area contributed by atoms with Crippen molar-refractivity contribution in [2.75, 3.05) is 7.05 Å². The second kappa shape index (κ2) is 6.83. The molecule has 2 aromatic heterocycles. The molecule has 0 aliphatic rings. The number of likely N-dealkylation sites (N-methyl/N-ethyl adjacent to an activating group) is 1. The topological polar surface area (TPSA) is 56.0 Å². The number of halogens is 2. The second-order valence-electron chi connectivity index (χ2n) is 5.17. The predicted octanol–water partition coefficient (Wildman–Crippen LogP) is 3.04. The molecule has 1 unspecified atom stereocenters. The van der Waals surface area contributed by atoms with Crippen LogP contribution in [0.4, 0.5) is 0 Å². The molecule has 2 heterocycles. The standard InChI is InChI=1S/C14H19BrClN5O/c1-5-20-7-11(15)13(18-20)8-19(4)14(22)10(3)21-9(2)12(16)6-17-21/h6-7,10H,5,8H2,1-4H3. The lowest BCUT2D eigenvalue weighted by Gasteiger charge is -2.22. The molecule has 0 N–H and O–H groups in total. The Labute approximate surface area is 143 Å². The molecular formula is C14H19BrClN5O. The van der Waals surface area contributed by atoms with Crippen molar-refractivity contribution in [3.8, 4) is 0 Å². The number of hydrogen-bond acceptors (Lipinski definition) is 3. The van der Waals surface area contributed by atoms with Crippen LogP contribution in [-0.2, 0) is 17.9 Å². The van der Waals surface area contributed by atoms with E-state index in [0.29, 0.717) is 11.6 Å². The highest BCUT2D eigenvalue weighted by Crippen LogP contribution is 2.21. The molecule has 8 heteroatoms. The Kier molecular flexibility index (Phi) is 5.28. The fraction of sp³-hybridized carbons (Fsp3) is 0.500. The lowest BCUT2D eigenvalue weighted by Crippen LogP contribution is -2.33. The monoisotopic (exact) mass is 387 g/mol. The van der Waals surface area contributed by atoms with Gasteiger partial charge in [-0.25, -0.2) is 0 Å². The molecule has 1 amide bonds. The molecule has 0 saturated carbocycles. The van der Waals surface area contributed by atoms with Crippen LogP contribution >= 0.6 is 27.5 Å². The maximum Gasteiger partial charge on any atom is 0.247 e. The van der Waals surface area contributed by atoms with Crippen LogP contribution in [0.2, 0.25) is 5.02 Å². The first-order valence-corrected chi connectivity index (χ1v) is 8.18. The summed E-state index contributed by atoms with van der Waals surface area (Å²) in [5.74, 6) is -0.0409. The van der Waals surface area contributed by atoms with Crippen LogP contribution in [0, 0.1) is 6.92 Å². The molecule has 0 aliphatic heterocycles. The lowest BCUT2D eigenvalue weighted by molar-refractivity contribution is -0.133. The Morgan fingerprint density at radius 1 is 1.55 bits per heavy atom. The Hall–Kier alpha value is -1.34. The van der Waals surface area contributed by atoms with Crippen LogP contribution in [0.5, 0.6) is 0 Å². The highest BCUT2D eigenvalue weighted by Gasteiger charge is 2.23. The maximum atomic E-state index is 12.6. The third kappa shape index (κ3) is 3.35. The SMILES string of the molecule is CCn1cc(Br)c(CN(C)C(=O)C(C)n2ncc(Cl)c2C)n1. The average Bonchev–Trinajstić information content (AvgIpc) is 3.01. The van der Waals surface area contributed by atoms with Crippen molar-refractivity contribution < 1.29 is 4.79 Å². The number of carbonyl (C=O) groups excluding carboxylic acids is 1. The number of aromatic nitrogens is 4. The first-order chi connectivity index (χ1) is 10.3. The molecular weight excluding hydrogens is 370 g/mol. The molecule has 0 aliphatic carbocycles. The van der Waals surface area contributed by atoms with Gasteiger partial charge in [0.25, 0.3) is 0 Å². The quantitative estimate of drug-likeness (QED) is 0.791. The molecule has 0 fully saturated rings. The minimum Gasteiger partial charge on any atom is -0.338 e. The van der Waals surface area contributed by atoms with Crippen LogP contribution in [-0.4, -0.2) is 37.4 Å². The Balaban J connectivity index is 2.11. The summed E-state index contributed by atoms with van der Waals surface area (Å²) in [4.78, 5) is 14.2. The Bertz CT molecular complexity index is 681. The van der Waals surface area contributed by atoms with Crippen molar-refractivity contribution in [2.45, 2.75) is 39.9 Å². The van der Waals surface area contributed by atoms with Gasteiger partial charge >= 0.3 is 0 Å². The van der Waals surface area contributed by atoms with Crippen LogP contribution in [0.15, 0.2) is 16.9 Å². The van der Waals surface area contributed by atoms with E-state index in [4.69, 9.17) is 11.6 Å². The van der Waals surface area contributed by atoms with Gasteiger partial charge in [0.15, 0.2) is 0 Å². The molecule has 2 rings (SSSR count). The lowest BCUT2D eigenvalue weighted by atomic mass is 10.2. The van der Waals surface area contributed by atoms with Gasteiger partial charge in [0.1, 0.15) is 6.04 Å². The zero-order valence-corrected chi connectivity index (χ0v) is 15.4. The molecule has 22 heavy (non-hydrogen) atoms. The van der Waals surface area contributed by atoms with Gasteiger partial charge in [0.2, 0.25) is 5.91 Å². The molecule has 1 atom stereocenters. The van der Waals surface area contributed by atoms with Gasteiger partial charge in [0, 0.05) is 19.8 Å². The minimum absolute atomic E-state index is 0.0409. The summed E-state index contributed by atoms with van der Waals surface area (Å²) < 4.78 is 4.37. The minimum atomic E-state index is -0.412. The first kappa shape index (κ1) is 17.0. The van der Waals surface area contributed by atoms with Gasteiger partial charge in [-0.1, -0.05) is 11.6 Å². The number of nitrogens with zero attached hydrogens (tertiary/aromatic N) is 5. The van der Waals surface area contributed by atoms with Gasteiger partial charge in [-0.3, -0.25) is 14.2 Å². The summed E-state index contributed by atoms with van der Waals surface area (Å²) in [7, 11) is 1.76. The number of aryl methyl sites for hydroxylation is 1. The first-order valence-electron chi connectivity index (χ1n) is 7.01. The highest BCUT2D eigenvalue weighted by atomic mass is 79.9. The van der Waals surface area contributed by atoms with Crippen LogP contribution in [0.25, 0.3) is 0 Å². The molecule has 0 spiro atoms. The summed E-state index contributed by atoms with van der Waals surface area (Å²) in [6.45, 7) is 6.90.